The average Bonchev–Trinajstić information content (AvgIpc) is 3.51. The molecule has 2 aliphatic heterocycles. The number of hydrogen-bond acceptors (Lipinski definition) is 7. The molecule has 2 aromatic carbocycles. The third-order valence-electron chi connectivity index (χ3n) is 6.51. The standard InChI is InChI=1S/C24H26FN7O3/c1-35-21-8-6-19(7-9-21)31-15-17(14-23(31)33)24(34)30-12-10-29(11-13-30)16-22-26-27-28-32(22)20-4-2-18(25)3-5-20/h2-9,17H,10-16H2,1H3. The third kappa shape index (κ3) is 4.85. The molecule has 1 atom stereocenters. The second-order valence-electron chi connectivity index (χ2n) is 8.69. The van der Waals surface area contributed by atoms with E-state index in [4.69, 9.17) is 4.74 Å². The number of nitrogens with zero attached hydrogens (tertiary/aromatic N) is 7. The number of benzene rings is 2. The molecule has 182 valence electrons. The van der Waals surface area contributed by atoms with Gasteiger partial charge in [0.25, 0.3) is 0 Å². The van der Waals surface area contributed by atoms with E-state index in [0.717, 1.165) is 11.4 Å². The molecule has 0 spiro atoms. The van der Waals surface area contributed by atoms with Crippen LogP contribution in [0.15, 0.2) is 48.5 Å². The molecule has 5 rings (SSSR count). The molecule has 2 amide bonds. The Balaban J connectivity index is 1.16. The maximum Gasteiger partial charge on any atom is 0.228 e. The number of hydrogen-bond donors (Lipinski definition) is 0. The Morgan fingerprint density at radius 3 is 2.40 bits per heavy atom. The molecule has 35 heavy (non-hydrogen) atoms. The fourth-order valence-corrected chi connectivity index (χ4v) is 4.56. The first-order valence-corrected chi connectivity index (χ1v) is 11.5. The van der Waals surface area contributed by atoms with Crippen LogP contribution >= 0.6 is 0 Å². The summed E-state index contributed by atoms with van der Waals surface area (Å²) in [7, 11) is 1.60. The van der Waals surface area contributed by atoms with E-state index >= 15 is 0 Å². The number of amides is 2. The van der Waals surface area contributed by atoms with Crippen molar-refractivity contribution in [2.45, 2.75) is 13.0 Å². The minimum Gasteiger partial charge on any atom is -0.497 e. The number of carbonyl (C=O) groups excluding carboxylic acids is 2. The van der Waals surface area contributed by atoms with Crippen LogP contribution in [-0.2, 0) is 16.1 Å². The lowest BCUT2D eigenvalue weighted by molar-refractivity contribution is -0.137. The number of rotatable bonds is 6. The normalized spacial score (nSPS) is 18.8. The van der Waals surface area contributed by atoms with E-state index in [0.29, 0.717) is 50.8 Å². The number of aromatic nitrogens is 4. The quantitative estimate of drug-likeness (QED) is 0.529. The molecule has 1 unspecified atom stereocenters. The van der Waals surface area contributed by atoms with E-state index in [1.165, 1.54) is 12.1 Å². The van der Waals surface area contributed by atoms with Gasteiger partial charge in [-0.2, -0.15) is 4.68 Å². The van der Waals surface area contributed by atoms with Crippen LogP contribution in [0.2, 0.25) is 0 Å². The van der Waals surface area contributed by atoms with Crippen LogP contribution in [0.1, 0.15) is 12.2 Å². The lowest BCUT2D eigenvalue weighted by Crippen LogP contribution is -2.50. The summed E-state index contributed by atoms with van der Waals surface area (Å²) in [5.41, 5.74) is 1.46. The first-order chi connectivity index (χ1) is 17.0. The molecule has 2 saturated heterocycles. The monoisotopic (exact) mass is 479 g/mol. The highest BCUT2D eigenvalue weighted by molar-refractivity contribution is 6.00. The molecule has 0 saturated carbocycles. The predicted octanol–water partition coefficient (Wildman–Crippen LogP) is 1.51. The number of ether oxygens (including phenoxy) is 1. The van der Waals surface area contributed by atoms with Crippen LogP contribution in [0.25, 0.3) is 5.69 Å². The zero-order valence-electron chi connectivity index (χ0n) is 19.4. The van der Waals surface area contributed by atoms with Crippen molar-refractivity contribution in [3.8, 4) is 11.4 Å². The van der Waals surface area contributed by atoms with Crippen LogP contribution < -0.4 is 9.64 Å². The van der Waals surface area contributed by atoms with E-state index in [2.05, 4.69) is 20.4 Å². The molecule has 0 N–H and O–H groups in total. The van der Waals surface area contributed by atoms with Gasteiger partial charge in [0.05, 0.1) is 25.3 Å². The smallest absolute Gasteiger partial charge is 0.228 e. The average molecular weight is 480 g/mol. The Labute approximate surface area is 201 Å². The van der Waals surface area contributed by atoms with Crippen molar-refractivity contribution in [1.29, 1.82) is 0 Å². The largest absolute Gasteiger partial charge is 0.497 e. The zero-order chi connectivity index (χ0) is 24.4. The van der Waals surface area contributed by atoms with E-state index < -0.39 is 0 Å². The van der Waals surface area contributed by atoms with Gasteiger partial charge >= 0.3 is 0 Å². The van der Waals surface area contributed by atoms with Crippen LogP contribution in [0.3, 0.4) is 0 Å². The van der Waals surface area contributed by atoms with Crippen LogP contribution in [-0.4, -0.2) is 81.7 Å². The van der Waals surface area contributed by atoms with Gasteiger partial charge in [-0.1, -0.05) is 0 Å². The van der Waals surface area contributed by atoms with E-state index in [9.17, 15) is 14.0 Å². The Kier molecular flexibility index (Phi) is 6.41. The van der Waals surface area contributed by atoms with Gasteiger partial charge in [-0.25, -0.2) is 4.39 Å². The molecule has 2 fully saturated rings. The second-order valence-corrected chi connectivity index (χ2v) is 8.69. The fraction of sp³-hybridized carbons (Fsp3) is 0.375. The van der Waals surface area contributed by atoms with Gasteiger partial charge in [0, 0.05) is 44.8 Å². The Morgan fingerprint density at radius 1 is 1.03 bits per heavy atom. The van der Waals surface area contributed by atoms with Crippen molar-refractivity contribution in [1.82, 2.24) is 30.0 Å². The molecule has 3 aromatic rings. The van der Waals surface area contributed by atoms with Gasteiger partial charge in [0.1, 0.15) is 11.6 Å². The van der Waals surface area contributed by atoms with Crippen LogP contribution in [0, 0.1) is 11.7 Å². The third-order valence-corrected chi connectivity index (χ3v) is 6.51. The van der Waals surface area contributed by atoms with Crippen molar-refractivity contribution < 1.29 is 18.7 Å². The SMILES string of the molecule is COc1ccc(N2CC(C(=O)N3CCN(Cc4nnnn4-c4ccc(F)cc4)CC3)CC2=O)cc1. The summed E-state index contributed by atoms with van der Waals surface area (Å²) in [5.74, 6) is 0.678. The number of carbonyl (C=O) groups is 2. The van der Waals surface area contributed by atoms with Crippen molar-refractivity contribution in [3.63, 3.8) is 0 Å². The molecule has 3 heterocycles. The number of anilines is 1. The van der Waals surface area contributed by atoms with Gasteiger partial charge in [0.2, 0.25) is 11.8 Å². The summed E-state index contributed by atoms with van der Waals surface area (Å²) in [6.45, 7) is 3.39. The molecular formula is C24H26FN7O3. The minimum atomic E-state index is -0.345. The zero-order valence-corrected chi connectivity index (χ0v) is 19.4. The molecule has 0 radical (unpaired) electrons. The second kappa shape index (κ2) is 9.79. The van der Waals surface area contributed by atoms with Crippen LogP contribution in [0.5, 0.6) is 5.75 Å². The molecule has 1 aromatic heterocycles. The first-order valence-electron chi connectivity index (χ1n) is 11.5. The molecule has 2 aliphatic rings. The summed E-state index contributed by atoms with van der Waals surface area (Å²) in [5, 5.41) is 11.9. The van der Waals surface area contributed by atoms with Gasteiger partial charge in [-0.3, -0.25) is 14.5 Å². The summed E-state index contributed by atoms with van der Waals surface area (Å²) in [6.07, 6.45) is 0.220. The molecule has 10 nitrogen and oxygen atoms in total. The number of halogens is 1. The number of tetrazole rings is 1. The van der Waals surface area contributed by atoms with Crippen LogP contribution in [0.4, 0.5) is 10.1 Å². The summed E-state index contributed by atoms with van der Waals surface area (Å²) < 4.78 is 20.0. The van der Waals surface area contributed by atoms with E-state index in [1.54, 1.807) is 28.8 Å². The van der Waals surface area contributed by atoms with E-state index in [-0.39, 0.29) is 30.0 Å². The lowest BCUT2D eigenvalue weighted by Gasteiger charge is -2.35. The molecular weight excluding hydrogens is 453 g/mol. The van der Waals surface area contributed by atoms with Crippen molar-refractivity contribution in [3.05, 3.63) is 60.2 Å². The lowest BCUT2D eigenvalue weighted by atomic mass is 10.1. The minimum absolute atomic E-state index is 0.0187. The molecule has 11 heteroatoms. The summed E-state index contributed by atoms with van der Waals surface area (Å²) >= 11 is 0. The van der Waals surface area contributed by atoms with Gasteiger partial charge in [-0.15, -0.1) is 5.10 Å². The number of piperazine rings is 1. The van der Waals surface area contributed by atoms with Gasteiger partial charge in [0.15, 0.2) is 5.82 Å². The summed E-state index contributed by atoms with van der Waals surface area (Å²) in [6, 6.07) is 13.3. The van der Waals surface area contributed by atoms with Crippen molar-refractivity contribution >= 4 is 17.5 Å². The van der Waals surface area contributed by atoms with E-state index in [1.807, 2.05) is 29.2 Å². The highest BCUT2D eigenvalue weighted by Gasteiger charge is 2.38. The number of methoxy groups -OCH3 is 1. The topological polar surface area (TPSA) is 96.7 Å². The highest BCUT2D eigenvalue weighted by Crippen LogP contribution is 2.28. The maximum atomic E-state index is 13.2. The fourth-order valence-electron chi connectivity index (χ4n) is 4.56. The first kappa shape index (κ1) is 22.9. The summed E-state index contributed by atoms with van der Waals surface area (Å²) in [4.78, 5) is 31.4. The Hall–Kier alpha value is -3.86. The van der Waals surface area contributed by atoms with Gasteiger partial charge in [-0.05, 0) is 59.0 Å². The van der Waals surface area contributed by atoms with Crippen molar-refractivity contribution in [2.75, 3.05) is 44.7 Å². The van der Waals surface area contributed by atoms with Gasteiger partial charge < -0.3 is 14.5 Å². The molecule has 0 aliphatic carbocycles. The predicted molar refractivity (Wildman–Crippen MR) is 124 cm³/mol. The Bertz CT molecular complexity index is 1190. The Morgan fingerprint density at radius 2 is 1.71 bits per heavy atom. The maximum absolute atomic E-state index is 13.2. The highest BCUT2D eigenvalue weighted by atomic mass is 19.1. The molecule has 0 bridgehead atoms. The van der Waals surface area contributed by atoms with Crippen molar-refractivity contribution in [2.24, 2.45) is 5.92 Å².